The first kappa shape index (κ1) is 14.9. The van der Waals surface area contributed by atoms with Crippen LogP contribution in [0.1, 0.15) is 5.56 Å². The highest BCUT2D eigenvalue weighted by Gasteiger charge is 2.22. The third kappa shape index (κ3) is 2.08. The minimum absolute atomic E-state index is 0.0294. The Bertz CT molecular complexity index is 1280. The van der Waals surface area contributed by atoms with E-state index >= 15 is 0 Å². The van der Waals surface area contributed by atoms with Crippen molar-refractivity contribution in [2.45, 2.75) is 6.54 Å². The molecule has 4 N–H and O–H groups in total. The molecule has 4 aromatic rings. The molecule has 4 rings (SSSR count). The van der Waals surface area contributed by atoms with E-state index in [0.29, 0.717) is 11.3 Å². The molecule has 0 aliphatic rings. The lowest BCUT2D eigenvalue weighted by Crippen LogP contribution is -2.27. The summed E-state index contributed by atoms with van der Waals surface area (Å²) < 4.78 is 0.890. The van der Waals surface area contributed by atoms with Crippen LogP contribution in [-0.4, -0.2) is 14.5 Å². The maximum absolute atomic E-state index is 12.6. The molecule has 2 heterocycles. The average Bonchev–Trinajstić information content (AvgIpc) is 2.85. The van der Waals surface area contributed by atoms with Crippen LogP contribution in [0.25, 0.3) is 21.8 Å². The van der Waals surface area contributed by atoms with Crippen molar-refractivity contribution in [3.8, 4) is 0 Å². The highest BCUT2D eigenvalue weighted by atomic mass is 16.2. The number of nitrogens with two attached hydrogens (primary N) is 1. The minimum atomic E-state index is -0.774. The van der Waals surface area contributed by atoms with Crippen LogP contribution in [-0.2, 0) is 6.54 Å². The number of nitrogen functional groups attached to an aromatic ring is 1. The van der Waals surface area contributed by atoms with Gasteiger partial charge in [-0.2, -0.15) is 0 Å². The maximum Gasteiger partial charge on any atom is 0.266 e. The van der Waals surface area contributed by atoms with E-state index in [9.17, 15) is 19.2 Å². The Morgan fingerprint density at radius 3 is 1.96 bits per heavy atom. The van der Waals surface area contributed by atoms with Crippen LogP contribution >= 0.6 is 0 Å². The van der Waals surface area contributed by atoms with Crippen molar-refractivity contribution in [1.82, 2.24) is 14.5 Å². The zero-order chi connectivity index (χ0) is 17.7. The highest BCUT2D eigenvalue weighted by Crippen LogP contribution is 2.08. The molecule has 0 unspecified atom stereocenters. The number of fused-ring (bicyclic) bond motifs is 2. The van der Waals surface area contributed by atoms with Crippen LogP contribution < -0.4 is 27.7 Å². The van der Waals surface area contributed by atoms with E-state index in [-0.39, 0.29) is 28.4 Å². The van der Waals surface area contributed by atoms with Crippen molar-refractivity contribution in [1.29, 1.82) is 0 Å². The molecule has 2 aromatic heterocycles. The standard InChI is InChI=1S/C17H12N4O4/c18-9-3-1-2-8(6-9)7-21-16(24)10-11(17(21)25)15(23)13-12(14(10)22)19-4-5-20-13/h1-6,19-20H,7,18H2. The summed E-state index contributed by atoms with van der Waals surface area (Å²) in [7, 11) is 0. The van der Waals surface area contributed by atoms with Crippen molar-refractivity contribution in [2.75, 3.05) is 5.73 Å². The first-order chi connectivity index (χ1) is 12.0. The Morgan fingerprint density at radius 1 is 0.880 bits per heavy atom. The Kier molecular flexibility index (Phi) is 3.08. The molecule has 25 heavy (non-hydrogen) atoms. The second-order valence-electron chi connectivity index (χ2n) is 5.72. The molecule has 0 saturated heterocycles. The van der Waals surface area contributed by atoms with Crippen molar-refractivity contribution in [2.24, 2.45) is 0 Å². The predicted octanol–water partition coefficient (Wildman–Crippen LogP) is -0.0402. The molecule has 0 amide bonds. The topological polar surface area (TPSA) is 131 Å². The molecule has 0 radical (unpaired) electrons. The van der Waals surface area contributed by atoms with Crippen molar-refractivity contribution in [3.05, 3.63) is 83.4 Å². The third-order valence-electron chi connectivity index (χ3n) is 4.16. The van der Waals surface area contributed by atoms with E-state index in [4.69, 9.17) is 5.73 Å². The van der Waals surface area contributed by atoms with Gasteiger partial charge in [0, 0.05) is 18.1 Å². The number of aromatic amines is 2. The van der Waals surface area contributed by atoms with Crippen LogP contribution in [0.4, 0.5) is 5.69 Å². The fourth-order valence-corrected chi connectivity index (χ4v) is 3.02. The lowest BCUT2D eigenvalue weighted by Gasteiger charge is -2.02. The molecule has 0 bridgehead atoms. The number of anilines is 1. The van der Waals surface area contributed by atoms with Crippen LogP contribution in [0.15, 0.2) is 55.8 Å². The number of benzene rings is 2. The molecule has 0 aliphatic heterocycles. The summed E-state index contributed by atoms with van der Waals surface area (Å²) in [5, 5.41) is -0.774. The second-order valence-corrected chi connectivity index (χ2v) is 5.72. The molecule has 2 aromatic carbocycles. The number of nitrogens with zero attached hydrogens (tertiary/aromatic N) is 1. The summed E-state index contributed by atoms with van der Waals surface area (Å²) in [6, 6.07) is 6.70. The van der Waals surface area contributed by atoms with Gasteiger partial charge >= 0.3 is 0 Å². The van der Waals surface area contributed by atoms with Gasteiger partial charge in [-0.1, -0.05) is 12.1 Å². The van der Waals surface area contributed by atoms with Gasteiger partial charge in [0.1, 0.15) is 21.8 Å². The van der Waals surface area contributed by atoms with E-state index in [1.54, 1.807) is 24.3 Å². The van der Waals surface area contributed by atoms with Gasteiger partial charge < -0.3 is 15.7 Å². The number of aromatic nitrogens is 3. The van der Waals surface area contributed by atoms with Gasteiger partial charge in [0.2, 0.25) is 10.9 Å². The lowest BCUT2D eigenvalue weighted by molar-refractivity contribution is 0.754. The molecule has 0 aliphatic carbocycles. The van der Waals surface area contributed by atoms with E-state index in [1.807, 2.05) is 0 Å². The van der Waals surface area contributed by atoms with Crippen LogP contribution in [0.3, 0.4) is 0 Å². The average molecular weight is 336 g/mol. The molecule has 8 nitrogen and oxygen atoms in total. The fourth-order valence-electron chi connectivity index (χ4n) is 3.02. The minimum Gasteiger partial charge on any atom is -0.399 e. The number of rotatable bonds is 2. The molecular weight excluding hydrogens is 324 g/mol. The first-order valence-electron chi connectivity index (χ1n) is 7.45. The van der Waals surface area contributed by atoms with E-state index < -0.39 is 22.0 Å². The molecule has 0 saturated carbocycles. The lowest BCUT2D eigenvalue weighted by atomic mass is 10.1. The van der Waals surface area contributed by atoms with Gasteiger partial charge in [-0.25, -0.2) is 0 Å². The Balaban J connectivity index is 2.10. The van der Waals surface area contributed by atoms with Crippen LogP contribution in [0.5, 0.6) is 0 Å². The summed E-state index contributed by atoms with van der Waals surface area (Å²) in [6.07, 6.45) is 2.86. The zero-order valence-electron chi connectivity index (χ0n) is 12.8. The molecule has 0 fully saturated rings. The van der Waals surface area contributed by atoms with Crippen molar-refractivity contribution in [3.63, 3.8) is 0 Å². The molecular formula is C17H12N4O4. The highest BCUT2D eigenvalue weighted by molar-refractivity contribution is 5.93. The van der Waals surface area contributed by atoms with E-state index in [0.717, 1.165) is 4.57 Å². The van der Waals surface area contributed by atoms with Crippen molar-refractivity contribution >= 4 is 27.5 Å². The Labute approximate surface area is 138 Å². The van der Waals surface area contributed by atoms with Crippen LogP contribution in [0.2, 0.25) is 0 Å². The third-order valence-corrected chi connectivity index (χ3v) is 4.16. The predicted molar refractivity (Wildman–Crippen MR) is 94.4 cm³/mol. The van der Waals surface area contributed by atoms with Gasteiger partial charge in [0.15, 0.2) is 0 Å². The summed E-state index contributed by atoms with van der Waals surface area (Å²) >= 11 is 0. The zero-order valence-corrected chi connectivity index (χ0v) is 12.8. The largest absolute Gasteiger partial charge is 0.399 e. The first-order valence-corrected chi connectivity index (χ1v) is 7.45. The normalized spacial score (nSPS) is 11.4. The maximum atomic E-state index is 12.6. The number of nitrogens with one attached hydrogen (secondary N) is 2. The smallest absolute Gasteiger partial charge is 0.266 e. The number of hydrogen-bond donors (Lipinski definition) is 3. The SMILES string of the molecule is Nc1cccc(Cn2c(=O)c3c(=O)c4[nH]cc[nH]c4c(=O)c3c2=O)c1. The molecule has 0 spiro atoms. The Hall–Kier alpha value is -3.68. The summed E-state index contributed by atoms with van der Waals surface area (Å²) in [5.74, 6) is 0. The summed E-state index contributed by atoms with van der Waals surface area (Å²) in [6.45, 7) is -0.0694. The van der Waals surface area contributed by atoms with Gasteiger partial charge in [0.05, 0.1) is 6.54 Å². The number of H-pyrrole nitrogens is 2. The van der Waals surface area contributed by atoms with Gasteiger partial charge in [0.25, 0.3) is 11.1 Å². The van der Waals surface area contributed by atoms with Crippen molar-refractivity contribution < 1.29 is 0 Å². The van der Waals surface area contributed by atoms with Crippen LogP contribution in [0, 0.1) is 0 Å². The molecule has 124 valence electrons. The fraction of sp³-hybridized carbons (Fsp3) is 0.0588. The van der Waals surface area contributed by atoms with Gasteiger partial charge in [-0.15, -0.1) is 0 Å². The molecule has 0 atom stereocenters. The van der Waals surface area contributed by atoms with E-state index in [1.165, 1.54) is 12.4 Å². The Morgan fingerprint density at radius 2 is 1.44 bits per heavy atom. The molecule has 8 heteroatoms. The summed E-state index contributed by atoms with van der Waals surface area (Å²) in [4.78, 5) is 55.7. The summed E-state index contributed by atoms with van der Waals surface area (Å²) in [5.41, 5.74) is 3.86. The quantitative estimate of drug-likeness (QED) is 0.442. The van der Waals surface area contributed by atoms with Gasteiger partial charge in [-0.05, 0) is 17.7 Å². The van der Waals surface area contributed by atoms with Gasteiger partial charge in [-0.3, -0.25) is 23.7 Å². The van der Waals surface area contributed by atoms with E-state index in [2.05, 4.69) is 9.97 Å². The number of hydrogen-bond acceptors (Lipinski definition) is 5. The monoisotopic (exact) mass is 336 g/mol. The second kappa shape index (κ2) is 5.17.